The Morgan fingerprint density at radius 3 is 2.55 bits per heavy atom. The van der Waals surface area contributed by atoms with E-state index in [1.165, 1.54) is 0 Å². The van der Waals surface area contributed by atoms with Crippen LogP contribution < -0.4 is 16.8 Å². The first-order chi connectivity index (χ1) is 15.0. The van der Waals surface area contributed by atoms with E-state index in [1.54, 1.807) is 18.5 Å². The van der Waals surface area contributed by atoms with Crippen molar-refractivity contribution in [1.82, 2.24) is 9.97 Å². The second-order valence-corrected chi connectivity index (χ2v) is 7.19. The van der Waals surface area contributed by atoms with Gasteiger partial charge in [0, 0.05) is 29.4 Å². The number of anilines is 2. The number of benzene rings is 2. The number of nitrogen functional groups attached to an aromatic ring is 1. The fraction of sp³-hybridized carbons (Fsp3) is 0.0833. The summed E-state index contributed by atoms with van der Waals surface area (Å²) in [6, 6.07) is 19.5. The number of primary amides is 1. The molecular weight excluding hydrogens is 388 g/mol. The highest BCUT2D eigenvalue weighted by molar-refractivity contribution is 6.00. The highest BCUT2D eigenvalue weighted by atomic mass is 16.1. The molecule has 0 radical (unpaired) electrons. The zero-order valence-corrected chi connectivity index (χ0v) is 16.8. The number of aromatic nitrogens is 2. The molecule has 2 heterocycles. The average Bonchev–Trinajstić information content (AvgIpc) is 2.79. The Bertz CT molecular complexity index is 1330. The third-order valence-corrected chi connectivity index (χ3v) is 5.17. The van der Waals surface area contributed by atoms with E-state index in [0.717, 1.165) is 22.0 Å². The van der Waals surface area contributed by atoms with Crippen LogP contribution in [0.5, 0.6) is 0 Å². The van der Waals surface area contributed by atoms with E-state index in [2.05, 4.69) is 21.4 Å². The number of rotatable bonds is 5. The van der Waals surface area contributed by atoms with Gasteiger partial charge in [-0.3, -0.25) is 9.78 Å². The minimum atomic E-state index is -0.639. The van der Waals surface area contributed by atoms with E-state index < -0.39 is 5.91 Å². The van der Waals surface area contributed by atoms with Crippen molar-refractivity contribution in [2.24, 2.45) is 5.73 Å². The van der Waals surface area contributed by atoms with Crippen molar-refractivity contribution in [3.63, 3.8) is 0 Å². The van der Waals surface area contributed by atoms with Gasteiger partial charge in [0.2, 0.25) is 0 Å². The van der Waals surface area contributed by atoms with Crippen molar-refractivity contribution >= 4 is 28.3 Å². The number of nitrogens with zero attached hydrogens (tertiary/aromatic N) is 3. The molecule has 1 amide bonds. The Kier molecular flexibility index (Phi) is 5.21. The molecule has 2 aromatic carbocycles. The minimum absolute atomic E-state index is 0.0257. The lowest BCUT2D eigenvalue weighted by Crippen LogP contribution is -2.14. The second kappa shape index (κ2) is 8.13. The lowest BCUT2D eigenvalue weighted by Gasteiger charge is -2.19. The number of fused-ring (bicyclic) bond motifs is 1. The number of hydrogen-bond donors (Lipinski definition) is 3. The van der Waals surface area contributed by atoms with Crippen LogP contribution in [-0.4, -0.2) is 15.9 Å². The van der Waals surface area contributed by atoms with Crippen LogP contribution >= 0.6 is 0 Å². The van der Waals surface area contributed by atoms with Gasteiger partial charge < -0.3 is 16.8 Å². The largest absolute Gasteiger partial charge is 0.383 e. The number of nitrogens with one attached hydrogen (secondary N) is 1. The maximum Gasteiger partial charge on any atom is 0.252 e. The third-order valence-electron chi connectivity index (χ3n) is 5.17. The number of carbonyl (C=O) groups is 1. The summed E-state index contributed by atoms with van der Waals surface area (Å²) in [5, 5.41) is 13.9. The predicted molar refractivity (Wildman–Crippen MR) is 121 cm³/mol. The molecule has 0 saturated heterocycles. The lowest BCUT2D eigenvalue weighted by molar-refractivity contribution is 0.100. The number of nitrogens with two attached hydrogens (primary N) is 2. The predicted octanol–water partition coefficient (Wildman–Crippen LogP) is 4.02. The molecule has 0 fully saturated rings. The van der Waals surface area contributed by atoms with Crippen LogP contribution in [0.1, 0.15) is 34.5 Å². The molecule has 0 aliphatic heterocycles. The topological polar surface area (TPSA) is 131 Å². The Morgan fingerprint density at radius 2 is 1.84 bits per heavy atom. The molecule has 2 aromatic heterocycles. The van der Waals surface area contributed by atoms with Gasteiger partial charge in [0.25, 0.3) is 5.91 Å². The molecular formula is C24H20N6O. The van der Waals surface area contributed by atoms with E-state index in [9.17, 15) is 10.1 Å². The van der Waals surface area contributed by atoms with Crippen LogP contribution in [0.15, 0.2) is 67.0 Å². The maximum atomic E-state index is 11.7. The monoisotopic (exact) mass is 408 g/mol. The van der Waals surface area contributed by atoms with Crippen molar-refractivity contribution in [2.75, 3.05) is 11.1 Å². The first-order valence-corrected chi connectivity index (χ1v) is 9.68. The van der Waals surface area contributed by atoms with Gasteiger partial charge in [-0.25, -0.2) is 4.98 Å². The van der Waals surface area contributed by atoms with Gasteiger partial charge in [0.1, 0.15) is 11.9 Å². The Labute approximate surface area is 179 Å². The van der Waals surface area contributed by atoms with Crippen molar-refractivity contribution in [2.45, 2.75) is 13.0 Å². The number of pyridine rings is 2. The average molecular weight is 408 g/mol. The van der Waals surface area contributed by atoms with Gasteiger partial charge in [0.05, 0.1) is 22.3 Å². The number of hydrogen-bond acceptors (Lipinski definition) is 6. The highest BCUT2D eigenvalue weighted by Gasteiger charge is 2.15. The molecule has 31 heavy (non-hydrogen) atoms. The van der Waals surface area contributed by atoms with Gasteiger partial charge in [-0.15, -0.1) is 0 Å². The van der Waals surface area contributed by atoms with Gasteiger partial charge in [0.15, 0.2) is 0 Å². The van der Waals surface area contributed by atoms with Crippen molar-refractivity contribution in [3.05, 3.63) is 83.7 Å². The molecule has 152 valence electrons. The summed E-state index contributed by atoms with van der Waals surface area (Å²) in [5.74, 6) is -0.551. The molecule has 0 aliphatic rings. The standard InChI is InChI=1S/C24H20N6O/c1-14(15-5-3-2-4-6-15)30-22-18(11-25)13-28-21-8-7-16(9-19(21)22)17-10-20(24(27)31)23(26)29-12-17/h2-10,12-14H,1H3,(H2,26,29)(H2,27,31)(H,28,30). The van der Waals surface area contributed by atoms with Gasteiger partial charge in [-0.1, -0.05) is 36.4 Å². The summed E-state index contributed by atoms with van der Waals surface area (Å²) in [6.07, 6.45) is 3.15. The van der Waals surface area contributed by atoms with Crippen molar-refractivity contribution < 1.29 is 4.79 Å². The van der Waals surface area contributed by atoms with Crippen LogP contribution in [-0.2, 0) is 0 Å². The SMILES string of the molecule is CC(Nc1c(C#N)cnc2ccc(-c3cnc(N)c(C(N)=O)c3)cc12)c1ccccc1. The molecule has 4 aromatic rings. The van der Waals surface area contributed by atoms with Crippen molar-refractivity contribution in [3.8, 4) is 17.2 Å². The van der Waals surface area contributed by atoms with E-state index in [1.807, 2.05) is 55.5 Å². The van der Waals surface area contributed by atoms with Gasteiger partial charge in [-0.2, -0.15) is 5.26 Å². The maximum absolute atomic E-state index is 11.7. The first kappa shape index (κ1) is 19.9. The zero-order chi connectivity index (χ0) is 22.0. The minimum Gasteiger partial charge on any atom is -0.383 e. The summed E-state index contributed by atoms with van der Waals surface area (Å²) in [7, 11) is 0. The Hall–Kier alpha value is -4.44. The quantitative estimate of drug-likeness (QED) is 0.457. The molecule has 7 heteroatoms. The molecule has 5 N–H and O–H groups in total. The molecule has 1 atom stereocenters. The van der Waals surface area contributed by atoms with Crippen LogP contribution in [0, 0.1) is 11.3 Å². The number of amides is 1. The number of nitriles is 1. The fourth-order valence-corrected chi connectivity index (χ4v) is 3.48. The summed E-state index contributed by atoms with van der Waals surface area (Å²) in [5.41, 5.74) is 15.8. The van der Waals surface area contributed by atoms with Crippen LogP contribution in [0.2, 0.25) is 0 Å². The van der Waals surface area contributed by atoms with E-state index in [4.69, 9.17) is 11.5 Å². The van der Waals surface area contributed by atoms with Crippen LogP contribution in [0.3, 0.4) is 0 Å². The third kappa shape index (κ3) is 3.87. The van der Waals surface area contributed by atoms with E-state index in [0.29, 0.717) is 16.8 Å². The molecule has 7 nitrogen and oxygen atoms in total. The lowest BCUT2D eigenvalue weighted by atomic mass is 10.0. The van der Waals surface area contributed by atoms with E-state index >= 15 is 0 Å². The molecule has 0 aliphatic carbocycles. The Morgan fingerprint density at radius 1 is 1.06 bits per heavy atom. The normalized spacial score (nSPS) is 11.6. The molecule has 0 spiro atoms. The summed E-state index contributed by atoms with van der Waals surface area (Å²) < 4.78 is 0. The first-order valence-electron chi connectivity index (χ1n) is 9.68. The summed E-state index contributed by atoms with van der Waals surface area (Å²) in [6.45, 7) is 2.04. The molecule has 1 unspecified atom stereocenters. The van der Waals surface area contributed by atoms with Crippen LogP contribution in [0.4, 0.5) is 11.5 Å². The highest BCUT2D eigenvalue weighted by Crippen LogP contribution is 2.33. The molecule has 0 bridgehead atoms. The van der Waals surface area contributed by atoms with E-state index in [-0.39, 0.29) is 17.4 Å². The molecule has 4 rings (SSSR count). The molecule has 0 saturated carbocycles. The van der Waals surface area contributed by atoms with Crippen molar-refractivity contribution in [1.29, 1.82) is 5.26 Å². The number of carbonyl (C=O) groups excluding carboxylic acids is 1. The Balaban J connectivity index is 1.84. The zero-order valence-electron chi connectivity index (χ0n) is 16.8. The summed E-state index contributed by atoms with van der Waals surface area (Å²) >= 11 is 0. The summed E-state index contributed by atoms with van der Waals surface area (Å²) in [4.78, 5) is 20.2. The second-order valence-electron chi connectivity index (χ2n) is 7.19. The smallest absolute Gasteiger partial charge is 0.252 e. The van der Waals surface area contributed by atoms with Gasteiger partial charge >= 0.3 is 0 Å². The van der Waals surface area contributed by atoms with Gasteiger partial charge in [-0.05, 0) is 36.2 Å². The van der Waals surface area contributed by atoms with Crippen LogP contribution in [0.25, 0.3) is 22.0 Å². The fourth-order valence-electron chi connectivity index (χ4n) is 3.48.